The van der Waals surface area contributed by atoms with E-state index in [0.29, 0.717) is 11.5 Å². The van der Waals surface area contributed by atoms with E-state index in [1.54, 1.807) is 0 Å². The Morgan fingerprint density at radius 1 is 1.41 bits per heavy atom. The fraction of sp³-hybridized carbons (Fsp3) is 0.533. The summed E-state index contributed by atoms with van der Waals surface area (Å²) in [4.78, 5) is 4.51. The van der Waals surface area contributed by atoms with Crippen LogP contribution in [0.5, 0.6) is 0 Å². The van der Waals surface area contributed by atoms with Crippen molar-refractivity contribution in [2.45, 2.75) is 52.4 Å². The van der Waals surface area contributed by atoms with E-state index in [1.165, 1.54) is 0 Å². The van der Waals surface area contributed by atoms with E-state index in [2.05, 4.69) is 11.9 Å². The highest BCUT2D eigenvalue weighted by atomic mass is 19.1. The highest BCUT2D eigenvalue weighted by Gasteiger charge is 2.27. The van der Waals surface area contributed by atoms with Crippen molar-refractivity contribution in [1.29, 1.82) is 0 Å². The van der Waals surface area contributed by atoms with E-state index in [1.807, 2.05) is 26.0 Å². The summed E-state index contributed by atoms with van der Waals surface area (Å²) in [5.74, 6) is 0.418. The molecule has 2 rings (SSSR count). The Kier molecular flexibility index (Phi) is 3.60. The normalized spacial score (nSPS) is 16.4. The van der Waals surface area contributed by atoms with E-state index in [4.69, 9.17) is 0 Å². The molecule has 1 saturated carbocycles. The molecule has 0 amide bonds. The van der Waals surface area contributed by atoms with Crippen molar-refractivity contribution >= 4 is 11.4 Å². The van der Waals surface area contributed by atoms with Crippen molar-refractivity contribution in [2.75, 3.05) is 0 Å². The van der Waals surface area contributed by atoms with Crippen molar-refractivity contribution < 1.29 is 4.39 Å². The SMILES string of the molecule is CCCC(C)=Nc1ccc(C2CC2)c(F)c1C. The molecule has 0 radical (unpaired) electrons. The zero-order valence-electron chi connectivity index (χ0n) is 10.9. The Morgan fingerprint density at radius 2 is 2.12 bits per heavy atom. The lowest BCUT2D eigenvalue weighted by Crippen LogP contribution is -1.94. The van der Waals surface area contributed by atoms with Gasteiger partial charge < -0.3 is 0 Å². The van der Waals surface area contributed by atoms with Crippen molar-refractivity contribution in [1.82, 2.24) is 0 Å². The second-order valence-electron chi connectivity index (χ2n) is 4.98. The second-order valence-corrected chi connectivity index (χ2v) is 4.98. The average molecular weight is 233 g/mol. The highest BCUT2D eigenvalue weighted by Crippen LogP contribution is 2.43. The molecule has 1 aromatic carbocycles. The Labute approximate surface area is 103 Å². The maximum Gasteiger partial charge on any atom is 0.131 e. The molecule has 0 N–H and O–H groups in total. The predicted molar refractivity (Wildman–Crippen MR) is 70.8 cm³/mol. The molecule has 0 bridgehead atoms. The van der Waals surface area contributed by atoms with Gasteiger partial charge in [-0.25, -0.2) is 4.39 Å². The molecule has 1 aliphatic rings. The fourth-order valence-electron chi connectivity index (χ4n) is 2.15. The monoisotopic (exact) mass is 233 g/mol. The number of benzene rings is 1. The molecular formula is C15H20FN. The van der Waals surface area contributed by atoms with Gasteiger partial charge in [0, 0.05) is 11.3 Å². The van der Waals surface area contributed by atoms with Crippen LogP contribution in [0.3, 0.4) is 0 Å². The molecule has 1 aromatic rings. The third kappa shape index (κ3) is 2.74. The van der Waals surface area contributed by atoms with Gasteiger partial charge in [-0.1, -0.05) is 19.4 Å². The van der Waals surface area contributed by atoms with Gasteiger partial charge in [0.25, 0.3) is 0 Å². The lowest BCUT2D eigenvalue weighted by Gasteiger charge is -2.08. The van der Waals surface area contributed by atoms with Crippen LogP contribution in [0.2, 0.25) is 0 Å². The minimum absolute atomic E-state index is 0.0435. The molecule has 1 aliphatic carbocycles. The largest absolute Gasteiger partial charge is 0.258 e. The summed E-state index contributed by atoms with van der Waals surface area (Å²) in [5.41, 5.74) is 3.45. The molecule has 0 heterocycles. The van der Waals surface area contributed by atoms with Gasteiger partial charge in [-0.15, -0.1) is 0 Å². The molecule has 0 aliphatic heterocycles. The van der Waals surface area contributed by atoms with Crippen molar-refractivity contribution in [2.24, 2.45) is 4.99 Å². The summed E-state index contributed by atoms with van der Waals surface area (Å²) < 4.78 is 14.1. The number of rotatable bonds is 4. The van der Waals surface area contributed by atoms with Crippen molar-refractivity contribution in [3.05, 3.63) is 29.1 Å². The molecule has 2 heteroatoms. The molecular weight excluding hydrogens is 213 g/mol. The summed E-state index contributed by atoms with van der Waals surface area (Å²) in [6.45, 7) is 5.97. The van der Waals surface area contributed by atoms with Crippen LogP contribution in [0, 0.1) is 12.7 Å². The first-order chi connectivity index (χ1) is 8.13. The van der Waals surface area contributed by atoms with Crippen LogP contribution in [0.1, 0.15) is 56.6 Å². The molecule has 1 fully saturated rings. The molecule has 0 unspecified atom stereocenters. The Hall–Kier alpha value is -1.18. The summed E-state index contributed by atoms with van der Waals surface area (Å²) in [7, 11) is 0. The van der Waals surface area contributed by atoms with E-state index in [0.717, 1.165) is 42.6 Å². The lowest BCUT2D eigenvalue weighted by molar-refractivity contribution is 0.602. The molecule has 0 spiro atoms. The lowest BCUT2D eigenvalue weighted by atomic mass is 10.0. The number of aliphatic imine (C=N–C) groups is 1. The van der Waals surface area contributed by atoms with Gasteiger partial charge in [-0.3, -0.25) is 4.99 Å². The molecule has 92 valence electrons. The minimum Gasteiger partial charge on any atom is -0.258 e. The Bertz CT molecular complexity index is 444. The summed E-state index contributed by atoms with van der Waals surface area (Å²) in [6, 6.07) is 3.88. The van der Waals surface area contributed by atoms with Crippen LogP contribution >= 0.6 is 0 Å². The Morgan fingerprint density at radius 3 is 2.71 bits per heavy atom. The van der Waals surface area contributed by atoms with Crippen LogP contribution < -0.4 is 0 Å². The number of halogens is 1. The fourth-order valence-corrected chi connectivity index (χ4v) is 2.15. The first kappa shape index (κ1) is 12.3. The molecule has 0 atom stereocenters. The van der Waals surface area contributed by atoms with Crippen LogP contribution in [-0.4, -0.2) is 5.71 Å². The van der Waals surface area contributed by atoms with Crippen LogP contribution in [0.25, 0.3) is 0 Å². The van der Waals surface area contributed by atoms with Gasteiger partial charge in [0.1, 0.15) is 5.82 Å². The molecule has 17 heavy (non-hydrogen) atoms. The van der Waals surface area contributed by atoms with E-state index < -0.39 is 0 Å². The van der Waals surface area contributed by atoms with Gasteiger partial charge in [-0.2, -0.15) is 0 Å². The average Bonchev–Trinajstić information content (AvgIpc) is 3.09. The van der Waals surface area contributed by atoms with Crippen LogP contribution in [0.4, 0.5) is 10.1 Å². The van der Waals surface area contributed by atoms with Crippen molar-refractivity contribution in [3.63, 3.8) is 0 Å². The smallest absolute Gasteiger partial charge is 0.131 e. The van der Waals surface area contributed by atoms with Crippen LogP contribution in [0.15, 0.2) is 17.1 Å². The second kappa shape index (κ2) is 4.99. The third-order valence-corrected chi connectivity index (χ3v) is 3.33. The van der Waals surface area contributed by atoms with E-state index in [-0.39, 0.29) is 5.82 Å². The van der Waals surface area contributed by atoms with Gasteiger partial charge in [-0.05, 0) is 50.7 Å². The van der Waals surface area contributed by atoms with Gasteiger partial charge in [0.15, 0.2) is 0 Å². The summed E-state index contributed by atoms with van der Waals surface area (Å²) >= 11 is 0. The third-order valence-electron chi connectivity index (χ3n) is 3.33. The minimum atomic E-state index is -0.0435. The molecule has 0 aromatic heterocycles. The highest BCUT2D eigenvalue weighted by molar-refractivity contribution is 5.84. The first-order valence-corrected chi connectivity index (χ1v) is 6.46. The molecule has 1 nitrogen and oxygen atoms in total. The van der Waals surface area contributed by atoms with E-state index >= 15 is 0 Å². The van der Waals surface area contributed by atoms with E-state index in [9.17, 15) is 4.39 Å². The quantitative estimate of drug-likeness (QED) is 0.656. The Balaban J connectivity index is 2.30. The van der Waals surface area contributed by atoms with Crippen LogP contribution in [-0.2, 0) is 0 Å². The maximum absolute atomic E-state index is 14.1. The topological polar surface area (TPSA) is 12.4 Å². The maximum atomic E-state index is 14.1. The number of hydrogen-bond acceptors (Lipinski definition) is 1. The zero-order chi connectivity index (χ0) is 12.4. The van der Waals surface area contributed by atoms with Gasteiger partial charge in [0.2, 0.25) is 0 Å². The summed E-state index contributed by atoms with van der Waals surface area (Å²) in [6.07, 6.45) is 4.32. The number of hydrogen-bond donors (Lipinski definition) is 0. The number of nitrogens with zero attached hydrogens (tertiary/aromatic N) is 1. The van der Waals surface area contributed by atoms with Gasteiger partial charge >= 0.3 is 0 Å². The standard InChI is InChI=1S/C15H20FN/c1-4-5-10(2)17-14-9-8-13(12-6-7-12)15(16)11(14)3/h8-9,12H,4-7H2,1-3H3. The summed E-state index contributed by atoms with van der Waals surface area (Å²) in [5, 5.41) is 0. The van der Waals surface area contributed by atoms with Crippen molar-refractivity contribution in [3.8, 4) is 0 Å². The first-order valence-electron chi connectivity index (χ1n) is 6.46. The predicted octanol–water partition coefficient (Wildman–Crippen LogP) is 4.90. The molecule has 0 saturated heterocycles. The zero-order valence-corrected chi connectivity index (χ0v) is 10.9. The van der Waals surface area contributed by atoms with Gasteiger partial charge in [0.05, 0.1) is 5.69 Å².